The zero-order valence-corrected chi connectivity index (χ0v) is 9.34. The summed E-state index contributed by atoms with van der Waals surface area (Å²) in [6.45, 7) is -0.341. The number of aliphatic hydroxyl groups is 2. The Balaban J connectivity index is 2.78. The van der Waals surface area contributed by atoms with E-state index in [4.69, 9.17) is 24.4 Å². The van der Waals surface area contributed by atoms with Gasteiger partial charge in [-0.05, 0) is 12.1 Å². The van der Waals surface area contributed by atoms with Crippen molar-refractivity contribution >= 4 is 0 Å². The number of benzene rings is 1. The van der Waals surface area contributed by atoms with E-state index in [-0.39, 0.29) is 13.2 Å². The lowest BCUT2D eigenvalue weighted by atomic mass is 10.3. The van der Waals surface area contributed by atoms with E-state index in [1.807, 2.05) is 0 Å². The Morgan fingerprint density at radius 1 is 1.19 bits per heavy atom. The van der Waals surface area contributed by atoms with Crippen LogP contribution in [0.5, 0.6) is 17.2 Å². The topological polar surface area (TPSA) is 68.2 Å². The molecule has 0 amide bonds. The van der Waals surface area contributed by atoms with Gasteiger partial charge < -0.3 is 24.4 Å². The van der Waals surface area contributed by atoms with Gasteiger partial charge in [0.25, 0.3) is 0 Å². The van der Waals surface area contributed by atoms with Crippen molar-refractivity contribution in [3.63, 3.8) is 0 Å². The first kappa shape index (κ1) is 12.6. The van der Waals surface area contributed by atoms with Crippen LogP contribution in [0.15, 0.2) is 18.2 Å². The second-order valence-corrected chi connectivity index (χ2v) is 3.14. The summed E-state index contributed by atoms with van der Waals surface area (Å²) < 4.78 is 15.5. The molecule has 0 unspecified atom stereocenters. The minimum absolute atomic E-state index is 0.0000274. The first-order valence-electron chi connectivity index (χ1n) is 4.85. The number of ether oxygens (including phenoxy) is 3. The maximum absolute atomic E-state index is 9.16. The van der Waals surface area contributed by atoms with Crippen molar-refractivity contribution in [1.29, 1.82) is 0 Å². The van der Waals surface area contributed by atoms with Crippen LogP contribution in [0.3, 0.4) is 0 Å². The molecule has 1 rings (SSSR count). The molecule has 0 fully saturated rings. The van der Waals surface area contributed by atoms with Gasteiger partial charge in [-0.3, -0.25) is 0 Å². The molecule has 0 saturated carbocycles. The Kier molecular flexibility index (Phi) is 4.88. The zero-order valence-electron chi connectivity index (χ0n) is 9.34. The fraction of sp³-hybridized carbons (Fsp3) is 0.455. The van der Waals surface area contributed by atoms with Gasteiger partial charge in [0.1, 0.15) is 12.7 Å². The smallest absolute Gasteiger partial charge is 0.203 e. The first-order valence-corrected chi connectivity index (χ1v) is 4.85. The predicted molar refractivity (Wildman–Crippen MR) is 58.1 cm³/mol. The fourth-order valence-electron chi connectivity index (χ4n) is 1.21. The molecule has 0 aromatic heterocycles. The summed E-state index contributed by atoms with van der Waals surface area (Å²) in [5, 5.41) is 17.8. The van der Waals surface area contributed by atoms with Gasteiger partial charge in [0.15, 0.2) is 11.5 Å². The summed E-state index contributed by atoms with van der Waals surface area (Å²) in [5.41, 5.74) is 0. The highest BCUT2D eigenvalue weighted by atomic mass is 16.5. The van der Waals surface area contributed by atoms with Crippen LogP contribution in [0, 0.1) is 0 Å². The first-order chi connectivity index (χ1) is 7.72. The van der Waals surface area contributed by atoms with Gasteiger partial charge >= 0.3 is 0 Å². The van der Waals surface area contributed by atoms with Gasteiger partial charge in [-0.15, -0.1) is 0 Å². The number of methoxy groups -OCH3 is 2. The van der Waals surface area contributed by atoms with E-state index in [9.17, 15) is 0 Å². The summed E-state index contributed by atoms with van der Waals surface area (Å²) in [6.07, 6.45) is -0.907. The molecule has 0 heterocycles. The third-order valence-corrected chi connectivity index (χ3v) is 2.01. The summed E-state index contributed by atoms with van der Waals surface area (Å²) in [4.78, 5) is 0. The molecule has 0 bridgehead atoms. The summed E-state index contributed by atoms with van der Waals surface area (Å²) in [7, 11) is 3.04. The average molecular weight is 228 g/mol. The van der Waals surface area contributed by atoms with Crippen molar-refractivity contribution in [3.05, 3.63) is 18.2 Å². The Labute approximate surface area is 94.2 Å². The second-order valence-electron chi connectivity index (χ2n) is 3.14. The second kappa shape index (κ2) is 6.19. The molecule has 0 aliphatic heterocycles. The highest BCUT2D eigenvalue weighted by Gasteiger charge is 2.12. The van der Waals surface area contributed by atoms with Crippen LogP contribution in [-0.4, -0.2) is 43.8 Å². The van der Waals surface area contributed by atoms with Crippen LogP contribution in [0.1, 0.15) is 0 Å². The maximum atomic E-state index is 9.16. The lowest BCUT2D eigenvalue weighted by molar-refractivity contribution is 0.0526. The number of hydrogen-bond donors (Lipinski definition) is 2. The number of rotatable bonds is 6. The molecule has 5 nitrogen and oxygen atoms in total. The fourth-order valence-corrected chi connectivity index (χ4v) is 1.21. The average Bonchev–Trinajstić information content (AvgIpc) is 2.34. The van der Waals surface area contributed by atoms with Crippen LogP contribution in [0.25, 0.3) is 0 Å². The molecule has 2 N–H and O–H groups in total. The number of hydrogen-bond acceptors (Lipinski definition) is 5. The molecule has 90 valence electrons. The molecule has 1 aromatic carbocycles. The van der Waals surface area contributed by atoms with Crippen LogP contribution < -0.4 is 14.2 Å². The van der Waals surface area contributed by atoms with E-state index >= 15 is 0 Å². The van der Waals surface area contributed by atoms with Gasteiger partial charge in [0.2, 0.25) is 5.75 Å². The molecule has 0 spiro atoms. The van der Waals surface area contributed by atoms with Gasteiger partial charge in [-0.2, -0.15) is 0 Å². The van der Waals surface area contributed by atoms with E-state index in [2.05, 4.69) is 0 Å². The van der Waals surface area contributed by atoms with Crippen molar-refractivity contribution < 1.29 is 24.4 Å². The van der Waals surface area contributed by atoms with Gasteiger partial charge in [0, 0.05) is 0 Å². The Morgan fingerprint density at radius 3 is 2.44 bits per heavy atom. The molecular weight excluding hydrogens is 212 g/mol. The Bertz CT molecular complexity index is 326. The van der Waals surface area contributed by atoms with Crippen LogP contribution in [0.4, 0.5) is 0 Å². The van der Waals surface area contributed by atoms with Gasteiger partial charge in [0.05, 0.1) is 20.8 Å². The van der Waals surface area contributed by atoms with Gasteiger partial charge in [-0.25, -0.2) is 0 Å². The molecule has 1 aromatic rings. The van der Waals surface area contributed by atoms with Crippen LogP contribution >= 0.6 is 0 Å². The predicted octanol–water partition coefficient (Wildman–Crippen LogP) is 0.436. The van der Waals surface area contributed by atoms with Crippen LogP contribution in [0.2, 0.25) is 0 Å². The largest absolute Gasteiger partial charge is 0.493 e. The Hall–Kier alpha value is -1.46. The van der Waals surface area contributed by atoms with E-state index in [0.717, 1.165) is 0 Å². The highest BCUT2D eigenvalue weighted by Crippen LogP contribution is 2.36. The Morgan fingerprint density at radius 2 is 1.88 bits per heavy atom. The molecule has 0 saturated heterocycles. The summed E-state index contributed by atoms with van der Waals surface area (Å²) >= 11 is 0. The van der Waals surface area contributed by atoms with Crippen molar-refractivity contribution in [2.75, 3.05) is 27.4 Å². The molecular formula is C11H16O5. The van der Waals surface area contributed by atoms with Crippen molar-refractivity contribution in [1.82, 2.24) is 0 Å². The molecule has 5 heteroatoms. The van der Waals surface area contributed by atoms with Crippen molar-refractivity contribution in [2.45, 2.75) is 6.10 Å². The lowest BCUT2D eigenvalue weighted by Crippen LogP contribution is -2.21. The minimum Gasteiger partial charge on any atom is -0.493 e. The summed E-state index contributed by atoms with van der Waals surface area (Å²) in [6, 6.07) is 5.20. The van der Waals surface area contributed by atoms with E-state index < -0.39 is 6.10 Å². The van der Waals surface area contributed by atoms with E-state index in [1.54, 1.807) is 18.2 Å². The van der Waals surface area contributed by atoms with Crippen LogP contribution in [-0.2, 0) is 0 Å². The SMILES string of the molecule is COc1cccc(OC[C@H](O)CO)c1OC. The summed E-state index contributed by atoms with van der Waals surface area (Å²) in [5.74, 6) is 1.49. The standard InChI is InChI=1S/C11H16O5/c1-14-9-4-3-5-10(11(9)15-2)16-7-8(13)6-12/h3-5,8,12-13H,6-7H2,1-2H3/t8-/m1/s1. The highest BCUT2D eigenvalue weighted by molar-refractivity contribution is 5.50. The minimum atomic E-state index is -0.907. The zero-order chi connectivity index (χ0) is 12.0. The van der Waals surface area contributed by atoms with Crippen molar-refractivity contribution in [2.24, 2.45) is 0 Å². The van der Waals surface area contributed by atoms with E-state index in [1.165, 1.54) is 14.2 Å². The van der Waals surface area contributed by atoms with E-state index in [0.29, 0.717) is 17.2 Å². The molecule has 0 aliphatic rings. The van der Waals surface area contributed by atoms with Gasteiger partial charge in [-0.1, -0.05) is 6.07 Å². The quantitative estimate of drug-likeness (QED) is 0.739. The third kappa shape index (κ3) is 3.01. The van der Waals surface area contributed by atoms with Crippen molar-refractivity contribution in [3.8, 4) is 17.2 Å². The number of aliphatic hydroxyl groups excluding tert-OH is 2. The third-order valence-electron chi connectivity index (χ3n) is 2.01. The molecule has 0 radical (unpaired) electrons. The number of para-hydroxylation sites is 1. The monoisotopic (exact) mass is 228 g/mol. The lowest BCUT2D eigenvalue weighted by Gasteiger charge is -2.14. The normalized spacial score (nSPS) is 12.0. The molecule has 0 aliphatic carbocycles. The molecule has 16 heavy (non-hydrogen) atoms. The molecule has 1 atom stereocenters. The maximum Gasteiger partial charge on any atom is 0.203 e.